The molecule has 0 bridgehead atoms. The first-order valence-corrected chi connectivity index (χ1v) is 4.81. The summed E-state index contributed by atoms with van der Waals surface area (Å²) < 4.78 is 35.9. The minimum atomic E-state index is -4.15. The molecule has 0 spiro atoms. The van der Waals surface area contributed by atoms with Crippen LogP contribution in [0.2, 0.25) is 0 Å². The topological polar surface area (TPSA) is 46.3 Å². The van der Waals surface area contributed by atoms with Crippen molar-refractivity contribution in [1.82, 2.24) is 4.90 Å². The monoisotopic (exact) mass is 226 g/mol. The standard InChI is InChI=1S/C9H17F3N2O/c1-7(2)14(5-3-8(13)15)6-4-9(10,11)12/h7H,3-6H2,1-2H3,(H2,13,15). The largest absolute Gasteiger partial charge is 0.390 e. The molecule has 15 heavy (non-hydrogen) atoms. The summed E-state index contributed by atoms with van der Waals surface area (Å²) in [5.41, 5.74) is 4.94. The average Bonchev–Trinajstić information content (AvgIpc) is 2.00. The van der Waals surface area contributed by atoms with Crippen molar-refractivity contribution in [1.29, 1.82) is 0 Å². The van der Waals surface area contributed by atoms with Crippen molar-refractivity contribution in [3.8, 4) is 0 Å². The Morgan fingerprint density at radius 2 is 1.87 bits per heavy atom. The minimum absolute atomic E-state index is 0.0216. The summed E-state index contributed by atoms with van der Waals surface area (Å²) >= 11 is 0. The molecule has 0 saturated carbocycles. The van der Waals surface area contributed by atoms with E-state index in [9.17, 15) is 18.0 Å². The molecule has 3 nitrogen and oxygen atoms in total. The molecule has 0 atom stereocenters. The first-order valence-electron chi connectivity index (χ1n) is 4.81. The van der Waals surface area contributed by atoms with Gasteiger partial charge in [-0.2, -0.15) is 13.2 Å². The Labute approximate surface area is 87.4 Å². The Kier molecular flexibility index (Phi) is 5.64. The molecule has 90 valence electrons. The van der Waals surface area contributed by atoms with E-state index in [4.69, 9.17) is 5.73 Å². The molecule has 0 radical (unpaired) electrons. The third-order valence-electron chi connectivity index (χ3n) is 2.06. The predicted octanol–water partition coefficient (Wildman–Crippen LogP) is 1.52. The number of carbonyl (C=O) groups excluding carboxylic acids is 1. The second kappa shape index (κ2) is 5.95. The highest BCUT2D eigenvalue weighted by Crippen LogP contribution is 2.20. The average molecular weight is 226 g/mol. The third-order valence-corrected chi connectivity index (χ3v) is 2.06. The van der Waals surface area contributed by atoms with Crippen LogP contribution in [0.15, 0.2) is 0 Å². The molecule has 0 saturated heterocycles. The van der Waals surface area contributed by atoms with Crippen LogP contribution in [0.25, 0.3) is 0 Å². The molecule has 0 heterocycles. The van der Waals surface area contributed by atoms with Crippen LogP contribution >= 0.6 is 0 Å². The number of primary amides is 1. The highest BCUT2D eigenvalue weighted by molar-refractivity contribution is 5.73. The van der Waals surface area contributed by atoms with Crippen molar-refractivity contribution in [2.75, 3.05) is 13.1 Å². The maximum atomic E-state index is 12.0. The normalized spacial score (nSPS) is 12.5. The summed E-state index contributed by atoms with van der Waals surface area (Å²) in [7, 11) is 0. The third kappa shape index (κ3) is 8.23. The first-order chi connectivity index (χ1) is 6.72. The van der Waals surface area contributed by atoms with Gasteiger partial charge in [-0.3, -0.25) is 4.79 Å². The zero-order chi connectivity index (χ0) is 12.1. The minimum Gasteiger partial charge on any atom is -0.370 e. The van der Waals surface area contributed by atoms with E-state index in [1.54, 1.807) is 18.7 Å². The van der Waals surface area contributed by atoms with Crippen LogP contribution in [0.5, 0.6) is 0 Å². The molecule has 0 aliphatic rings. The molecule has 0 fully saturated rings. The Morgan fingerprint density at radius 3 is 2.20 bits per heavy atom. The van der Waals surface area contributed by atoms with Crippen molar-refractivity contribution in [2.24, 2.45) is 5.73 Å². The van der Waals surface area contributed by atoms with Crippen LogP contribution in [-0.2, 0) is 4.79 Å². The zero-order valence-corrected chi connectivity index (χ0v) is 8.97. The van der Waals surface area contributed by atoms with E-state index in [2.05, 4.69) is 0 Å². The summed E-state index contributed by atoms with van der Waals surface area (Å²) in [6.07, 6.45) is -4.92. The number of halogens is 3. The van der Waals surface area contributed by atoms with Gasteiger partial charge in [0.05, 0.1) is 6.42 Å². The number of amides is 1. The molecule has 0 unspecified atom stereocenters. The lowest BCUT2D eigenvalue weighted by Crippen LogP contribution is -2.36. The molecular weight excluding hydrogens is 209 g/mol. The molecule has 2 N–H and O–H groups in total. The molecule has 1 amide bonds. The van der Waals surface area contributed by atoms with Crippen molar-refractivity contribution >= 4 is 5.91 Å². The van der Waals surface area contributed by atoms with Gasteiger partial charge in [0.1, 0.15) is 0 Å². The van der Waals surface area contributed by atoms with Crippen LogP contribution in [0.3, 0.4) is 0 Å². The number of carbonyl (C=O) groups is 1. The Balaban J connectivity index is 4.00. The van der Waals surface area contributed by atoms with Crippen molar-refractivity contribution in [3.05, 3.63) is 0 Å². The second-order valence-corrected chi connectivity index (χ2v) is 3.71. The lowest BCUT2D eigenvalue weighted by molar-refractivity contribution is -0.138. The fourth-order valence-corrected chi connectivity index (χ4v) is 1.15. The molecule has 0 aliphatic heterocycles. The highest BCUT2D eigenvalue weighted by Gasteiger charge is 2.28. The second-order valence-electron chi connectivity index (χ2n) is 3.71. The number of hydrogen-bond donors (Lipinski definition) is 1. The van der Waals surface area contributed by atoms with E-state index in [0.717, 1.165) is 0 Å². The molecular formula is C9H17F3N2O. The van der Waals surface area contributed by atoms with Gasteiger partial charge in [-0.25, -0.2) is 0 Å². The summed E-state index contributed by atoms with van der Waals surface area (Å²) in [6.45, 7) is 3.77. The van der Waals surface area contributed by atoms with E-state index in [-0.39, 0.29) is 25.6 Å². The van der Waals surface area contributed by atoms with Crippen LogP contribution in [-0.4, -0.2) is 36.1 Å². The number of alkyl halides is 3. The van der Waals surface area contributed by atoms with Gasteiger partial charge in [0, 0.05) is 25.6 Å². The van der Waals surface area contributed by atoms with Crippen LogP contribution in [0.1, 0.15) is 26.7 Å². The van der Waals surface area contributed by atoms with Gasteiger partial charge in [-0.05, 0) is 13.8 Å². The quantitative estimate of drug-likeness (QED) is 0.746. The van der Waals surface area contributed by atoms with E-state index in [1.165, 1.54) is 0 Å². The Hall–Kier alpha value is -0.780. The summed E-state index contributed by atoms with van der Waals surface area (Å²) in [6, 6.07) is -0.0216. The highest BCUT2D eigenvalue weighted by atomic mass is 19.4. The Morgan fingerprint density at radius 1 is 1.33 bits per heavy atom. The number of nitrogens with zero attached hydrogens (tertiary/aromatic N) is 1. The van der Waals surface area contributed by atoms with Gasteiger partial charge in [0.2, 0.25) is 5.91 Å². The van der Waals surface area contributed by atoms with Crippen molar-refractivity contribution < 1.29 is 18.0 Å². The fraction of sp³-hybridized carbons (Fsp3) is 0.889. The maximum absolute atomic E-state index is 12.0. The van der Waals surface area contributed by atoms with Gasteiger partial charge in [0.15, 0.2) is 0 Å². The van der Waals surface area contributed by atoms with Gasteiger partial charge in [-0.15, -0.1) is 0 Å². The number of rotatable bonds is 6. The van der Waals surface area contributed by atoms with Crippen molar-refractivity contribution in [3.63, 3.8) is 0 Å². The summed E-state index contributed by atoms with van der Waals surface area (Å²) in [5, 5.41) is 0. The van der Waals surface area contributed by atoms with E-state index < -0.39 is 18.5 Å². The van der Waals surface area contributed by atoms with Gasteiger partial charge in [-0.1, -0.05) is 0 Å². The van der Waals surface area contributed by atoms with E-state index in [0.29, 0.717) is 0 Å². The van der Waals surface area contributed by atoms with Crippen molar-refractivity contribution in [2.45, 2.75) is 38.9 Å². The summed E-state index contributed by atoms with van der Waals surface area (Å²) in [5.74, 6) is -0.493. The maximum Gasteiger partial charge on any atom is 0.390 e. The van der Waals surface area contributed by atoms with Gasteiger partial charge >= 0.3 is 6.18 Å². The molecule has 0 aliphatic carbocycles. The molecule has 0 aromatic carbocycles. The van der Waals surface area contributed by atoms with E-state index in [1.807, 2.05) is 0 Å². The zero-order valence-electron chi connectivity index (χ0n) is 8.97. The SMILES string of the molecule is CC(C)N(CCC(N)=O)CCC(F)(F)F. The van der Waals surface area contributed by atoms with Crippen LogP contribution in [0, 0.1) is 0 Å². The molecule has 0 rings (SSSR count). The number of hydrogen-bond acceptors (Lipinski definition) is 2. The molecule has 6 heteroatoms. The lowest BCUT2D eigenvalue weighted by Gasteiger charge is -2.26. The van der Waals surface area contributed by atoms with Crippen LogP contribution in [0.4, 0.5) is 13.2 Å². The molecule has 0 aromatic rings. The van der Waals surface area contributed by atoms with E-state index >= 15 is 0 Å². The first kappa shape index (κ1) is 14.2. The van der Waals surface area contributed by atoms with Crippen LogP contribution < -0.4 is 5.73 Å². The fourth-order valence-electron chi connectivity index (χ4n) is 1.15. The smallest absolute Gasteiger partial charge is 0.370 e. The summed E-state index contributed by atoms with van der Waals surface area (Å²) in [4.78, 5) is 12.1. The number of nitrogens with two attached hydrogens (primary N) is 1. The lowest BCUT2D eigenvalue weighted by atomic mass is 10.2. The van der Waals surface area contributed by atoms with Gasteiger partial charge in [0.25, 0.3) is 0 Å². The predicted molar refractivity (Wildman–Crippen MR) is 51.2 cm³/mol. The van der Waals surface area contributed by atoms with Gasteiger partial charge < -0.3 is 10.6 Å². The Bertz CT molecular complexity index is 204. The molecule has 0 aromatic heterocycles.